The Balaban J connectivity index is 1.63. The fourth-order valence-corrected chi connectivity index (χ4v) is 4.04. The summed E-state index contributed by atoms with van der Waals surface area (Å²) in [5, 5.41) is 19.8. The minimum atomic E-state index is -0.160. The van der Waals surface area contributed by atoms with Crippen LogP contribution in [0, 0.1) is 6.92 Å². The van der Waals surface area contributed by atoms with Crippen LogP contribution in [0.3, 0.4) is 0 Å². The molecule has 1 fully saturated rings. The van der Waals surface area contributed by atoms with Gasteiger partial charge in [0.1, 0.15) is 0 Å². The molecule has 1 saturated carbocycles. The number of carbonyl (C=O) groups excluding carboxylic acids is 1. The molecule has 2 aromatic heterocycles. The van der Waals surface area contributed by atoms with Gasteiger partial charge >= 0.3 is 0 Å². The van der Waals surface area contributed by atoms with Crippen molar-refractivity contribution < 1.29 is 4.79 Å². The van der Waals surface area contributed by atoms with Gasteiger partial charge in [0.2, 0.25) is 5.91 Å². The van der Waals surface area contributed by atoms with Gasteiger partial charge < -0.3 is 5.32 Å². The van der Waals surface area contributed by atoms with E-state index in [1.165, 1.54) is 12.0 Å². The van der Waals surface area contributed by atoms with Crippen LogP contribution < -0.4 is 5.32 Å². The van der Waals surface area contributed by atoms with Crippen molar-refractivity contribution in [2.75, 3.05) is 6.54 Å². The summed E-state index contributed by atoms with van der Waals surface area (Å²) in [6.45, 7) is 2.64. The van der Waals surface area contributed by atoms with Gasteiger partial charge in [-0.25, -0.2) is 0 Å². The van der Waals surface area contributed by atoms with Gasteiger partial charge in [0.25, 0.3) is 0 Å². The zero-order valence-corrected chi connectivity index (χ0v) is 13.6. The third-order valence-electron chi connectivity index (χ3n) is 4.37. The minimum Gasteiger partial charge on any atom is -0.355 e. The van der Waals surface area contributed by atoms with Gasteiger partial charge in [-0.05, 0) is 36.8 Å². The number of aromatic amines is 1. The van der Waals surface area contributed by atoms with E-state index in [9.17, 15) is 4.79 Å². The van der Waals surface area contributed by atoms with Gasteiger partial charge in [-0.15, -0.1) is 21.5 Å². The van der Waals surface area contributed by atoms with Crippen LogP contribution in [-0.2, 0) is 16.6 Å². The quantitative estimate of drug-likeness (QED) is 0.884. The number of hydrogen-bond donors (Lipinski definition) is 2. The zero-order chi connectivity index (χ0) is 15.4. The smallest absolute Gasteiger partial charge is 0.225 e. The van der Waals surface area contributed by atoms with Crippen molar-refractivity contribution in [3.05, 3.63) is 27.7 Å². The summed E-state index contributed by atoms with van der Waals surface area (Å²) in [5.41, 5.74) is 1.05. The Kier molecular flexibility index (Phi) is 4.52. The Morgan fingerprint density at radius 2 is 2.23 bits per heavy atom. The Morgan fingerprint density at radius 1 is 1.41 bits per heavy atom. The lowest BCUT2D eigenvalue weighted by Crippen LogP contribution is -2.43. The first-order valence-electron chi connectivity index (χ1n) is 7.73. The second kappa shape index (κ2) is 6.56. The molecule has 22 heavy (non-hydrogen) atoms. The standard InChI is InChI=1S/C15H21N5OS/c1-11-7-12(22-9-11)8-13(21)16-10-15(5-3-2-4-6-15)14-17-19-20-18-14/h7,9H,2-6,8,10H2,1H3,(H,16,21)(H,17,18,19,20). The molecule has 1 amide bonds. The van der Waals surface area contributed by atoms with E-state index in [0.29, 0.717) is 13.0 Å². The molecule has 0 aliphatic heterocycles. The largest absolute Gasteiger partial charge is 0.355 e. The number of nitrogens with zero attached hydrogens (tertiary/aromatic N) is 3. The first-order valence-corrected chi connectivity index (χ1v) is 8.61. The maximum Gasteiger partial charge on any atom is 0.225 e. The molecule has 2 aromatic rings. The van der Waals surface area contributed by atoms with Gasteiger partial charge in [-0.2, -0.15) is 5.21 Å². The lowest BCUT2D eigenvalue weighted by atomic mass is 9.73. The van der Waals surface area contributed by atoms with E-state index in [-0.39, 0.29) is 11.3 Å². The molecule has 2 N–H and O–H groups in total. The maximum absolute atomic E-state index is 12.2. The predicted octanol–water partition coefficient (Wildman–Crippen LogP) is 2.13. The highest BCUT2D eigenvalue weighted by Crippen LogP contribution is 2.36. The van der Waals surface area contributed by atoms with Crippen molar-refractivity contribution in [2.24, 2.45) is 0 Å². The van der Waals surface area contributed by atoms with E-state index in [2.05, 4.69) is 37.4 Å². The van der Waals surface area contributed by atoms with Crippen molar-refractivity contribution >= 4 is 17.2 Å². The van der Waals surface area contributed by atoms with Gasteiger partial charge in [0, 0.05) is 11.4 Å². The molecular formula is C15H21N5OS. The second-order valence-corrected chi connectivity index (χ2v) is 7.12. The Bertz CT molecular complexity index is 616. The molecule has 1 aliphatic rings. The highest BCUT2D eigenvalue weighted by atomic mass is 32.1. The van der Waals surface area contributed by atoms with Crippen LogP contribution in [0.25, 0.3) is 0 Å². The first-order chi connectivity index (χ1) is 10.7. The lowest BCUT2D eigenvalue weighted by Gasteiger charge is -2.34. The number of hydrogen-bond acceptors (Lipinski definition) is 5. The monoisotopic (exact) mass is 319 g/mol. The molecule has 0 unspecified atom stereocenters. The van der Waals surface area contributed by atoms with Crippen molar-refractivity contribution in [1.82, 2.24) is 25.9 Å². The topological polar surface area (TPSA) is 83.6 Å². The second-order valence-electron chi connectivity index (χ2n) is 6.12. The number of rotatable bonds is 5. The third kappa shape index (κ3) is 3.35. The molecule has 7 heteroatoms. The molecule has 3 rings (SSSR count). The van der Waals surface area contributed by atoms with Gasteiger partial charge in [0.15, 0.2) is 5.82 Å². The van der Waals surface area contributed by atoms with E-state index in [1.54, 1.807) is 11.3 Å². The molecule has 2 heterocycles. The lowest BCUT2D eigenvalue weighted by molar-refractivity contribution is -0.120. The molecule has 0 aromatic carbocycles. The average molecular weight is 319 g/mol. The van der Waals surface area contributed by atoms with Crippen LogP contribution in [0.1, 0.15) is 48.4 Å². The molecule has 118 valence electrons. The molecule has 0 atom stereocenters. The van der Waals surface area contributed by atoms with Crippen LogP contribution in [-0.4, -0.2) is 33.1 Å². The summed E-state index contributed by atoms with van der Waals surface area (Å²) >= 11 is 1.64. The van der Waals surface area contributed by atoms with E-state index >= 15 is 0 Å². The first kappa shape index (κ1) is 15.1. The van der Waals surface area contributed by atoms with Crippen LogP contribution in [0.4, 0.5) is 0 Å². The van der Waals surface area contributed by atoms with Crippen molar-refractivity contribution in [3.8, 4) is 0 Å². The summed E-state index contributed by atoms with van der Waals surface area (Å²) in [6, 6.07) is 2.07. The average Bonchev–Trinajstić information content (AvgIpc) is 3.18. The highest BCUT2D eigenvalue weighted by molar-refractivity contribution is 7.10. The number of aromatic nitrogens is 4. The van der Waals surface area contributed by atoms with Crippen LogP contribution in [0.15, 0.2) is 11.4 Å². The highest BCUT2D eigenvalue weighted by Gasteiger charge is 2.38. The molecule has 6 nitrogen and oxygen atoms in total. The number of nitrogens with one attached hydrogen (secondary N) is 2. The van der Waals surface area contributed by atoms with Crippen molar-refractivity contribution in [1.29, 1.82) is 0 Å². The third-order valence-corrected chi connectivity index (χ3v) is 5.43. The molecule has 0 saturated heterocycles. The number of H-pyrrole nitrogens is 1. The number of amides is 1. The predicted molar refractivity (Wildman–Crippen MR) is 84.7 cm³/mol. The van der Waals surface area contributed by atoms with Gasteiger partial charge in [-0.3, -0.25) is 4.79 Å². The van der Waals surface area contributed by atoms with Crippen LogP contribution in [0.5, 0.6) is 0 Å². The molecule has 0 bridgehead atoms. The SMILES string of the molecule is Cc1csc(CC(=O)NCC2(c3nn[nH]n3)CCCCC2)c1. The summed E-state index contributed by atoms with van der Waals surface area (Å²) in [4.78, 5) is 13.3. The maximum atomic E-state index is 12.2. The number of tetrazole rings is 1. The van der Waals surface area contributed by atoms with Gasteiger partial charge in [-0.1, -0.05) is 24.5 Å². The molecule has 1 aliphatic carbocycles. The van der Waals surface area contributed by atoms with E-state index < -0.39 is 0 Å². The molecule has 0 radical (unpaired) electrons. The molecule has 0 spiro atoms. The van der Waals surface area contributed by atoms with E-state index in [4.69, 9.17) is 0 Å². The fourth-order valence-electron chi connectivity index (χ4n) is 3.17. The Hall–Kier alpha value is -1.76. The Morgan fingerprint density at radius 3 is 2.86 bits per heavy atom. The van der Waals surface area contributed by atoms with E-state index in [0.717, 1.165) is 36.4 Å². The Labute approximate surface area is 133 Å². The van der Waals surface area contributed by atoms with Crippen molar-refractivity contribution in [2.45, 2.75) is 50.9 Å². The fraction of sp³-hybridized carbons (Fsp3) is 0.600. The summed E-state index contributed by atoms with van der Waals surface area (Å²) in [6.07, 6.45) is 5.99. The summed E-state index contributed by atoms with van der Waals surface area (Å²) in [5.74, 6) is 0.801. The number of thiophene rings is 1. The van der Waals surface area contributed by atoms with E-state index in [1.807, 2.05) is 6.92 Å². The summed E-state index contributed by atoms with van der Waals surface area (Å²) in [7, 11) is 0. The molecular weight excluding hydrogens is 298 g/mol. The van der Waals surface area contributed by atoms with Crippen LogP contribution >= 0.6 is 11.3 Å². The van der Waals surface area contributed by atoms with Crippen LogP contribution in [0.2, 0.25) is 0 Å². The van der Waals surface area contributed by atoms with Gasteiger partial charge in [0.05, 0.1) is 11.8 Å². The number of carbonyl (C=O) groups is 1. The zero-order valence-electron chi connectivity index (χ0n) is 12.8. The normalized spacial score (nSPS) is 17.3. The number of aryl methyl sites for hydroxylation is 1. The van der Waals surface area contributed by atoms with Crippen molar-refractivity contribution in [3.63, 3.8) is 0 Å². The summed E-state index contributed by atoms with van der Waals surface area (Å²) < 4.78 is 0. The minimum absolute atomic E-state index is 0.0651.